The second-order valence-corrected chi connectivity index (χ2v) is 9.29. The summed E-state index contributed by atoms with van der Waals surface area (Å²) in [5.74, 6) is -0.783. The van der Waals surface area contributed by atoms with Crippen LogP contribution in [0.15, 0.2) is 66.7 Å². The summed E-state index contributed by atoms with van der Waals surface area (Å²) in [5, 5.41) is 12.6. The van der Waals surface area contributed by atoms with E-state index >= 15 is 0 Å². The third-order valence-electron chi connectivity index (χ3n) is 5.14. The van der Waals surface area contributed by atoms with Crippen molar-refractivity contribution in [3.8, 4) is 0 Å². The Hall–Kier alpha value is -1.88. The van der Waals surface area contributed by atoms with Gasteiger partial charge in [-0.2, -0.15) is 0 Å². The number of benzene rings is 3. The van der Waals surface area contributed by atoms with Crippen molar-refractivity contribution >= 4 is 60.9 Å². The number of aliphatic hydroxyl groups is 1. The van der Waals surface area contributed by atoms with Crippen LogP contribution in [-0.4, -0.2) is 42.1 Å². The quantitative estimate of drug-likeness (QED) is 0.467. The van der Waals surface area contributed by atoms with E-state index in [2.05, 4.69) is 14.1 Å². The molecule has 1 heterocycles. The molecule has 33 heavy (non-hydrogen) atoms. The Kier molecular flexibility index (Phi) is 9.37. The Labute approximate surface area is 210 Å². The maximum Gasteiger partial charge on any atom is 0.256 e. The van der Waals surface area contributed by atoms with E-state index in [1.807, 2.05) is 36.4 Å². The first-order chi connectivity index (χ1) is 15.8. The summed E-state index contributed by atoms with van der Waals surface area (Å²) in [6.07, 6.45) is -1.31. The molecule has 4 rings (SSSR count). The van der Waals surface area contributed by atoms with Gasteiger partial charge in [-0.25, -0.2) is 4.39 Å². The molecule has 0 aliphatic carbocycles. The summed E-state index contributed by atoms with van der Waals surface area (Å²) in [6, 6.07) is 18.9. The van der Waals surface area contributed by atoms with Gasteiger partial charge in [-0.15, -0.1) is 9.24 Å². The maximum atomic E-state index is 13.4. The summed E-state index contributed by atoms with van der Waals surface area (Å²) in [7, 11) is 2.25. The minimum Gasteiger partial charge on any atom is -0.378 e. The van der Waals surface area contributed by atoms with Gasteiger partial charge in [0.05, 0.1) is 10.7 Å². The molecule has 1 fully saturated rings. The number of halogens is 4. The molecule has 0 aromatic heterocycles. The van der Waals surface area contributed by atoms with Gasteiger partial charge in [0.2, 0.25) is 0 Å². The minimum absolute atomic E-state index is 0.316. The molecule has 1 aliphatic rings. The van der Waals surface area contributed by atoms with E-state index in [-0.39, 0.29) is 5.91 Å². The van der Waals surface area contributed by atoms with Crippen molar-refractivity contribution in [3.63, 3.8) is 0 Å². The van der Waals surface area contributed by atoms with Gasteiger partial charge in [-0.3, -0.25) is 4.79 Å². The van der Waals surface area contributed by atoms with Crippen molar-refractivity contribution in [2.45, 2.75) is 6.10 Å². The topological polar surface area (TPSA) is 43.8 Å². The van der Waals surface area contributed by atoms with Crippen LogP contribution < -0.4 is 10.2 Å². The van der Waals surface area contributed by atoms with E-state index in [1.54, 1.807) is 17.0 Å². The van der Waals surface area contributed by atoms with Crippen LogP contribution in [0.3, 0.4) is 0 Å². The molecule has 3 aromatic carbocycles. The fourth-order valence-electron chi connectivity index (χ4n) is 3.37. The largest absolute Gasteiger partial charge is 0.378 e. The summed E-state index contributed by atoms with van der Waals surface area (Å²) in [4.78, 5) is 16.2. The number of aliphatic hydroxyl groups excluding tert-OH is 1. The first-order valence-corrected chi connectivity index (χ1v) is 11.9. The predicted octanol–water partition coefficient (Wildman–Crippen LogP) is 5.36. The molecule has 0 saturated carbocycles. The summed E-state index contributed by atoms with van der Waals surface area (Å²) in [5.41, 5.74) is 1.25. The number of piperazine rings is 1. The number of carbonyl (C=O) groups excluding carboxylic acids is 1. The molecule has 0 spiro atoms. The zero-order valence-corrected chi connectivity index (χ0v) is 21.0. The number of carbonyl (C=O) groups is 1. The van der Waals surface area contributed by atoms with E-state index < -0.39 is 11.9 Å². The molecule has 2 unspecified atom stereocenters. The van der Waals surface area contributed by atoms with Gasteiger partial charge in [0, 0.05) is 41.5 Å². The third-order valence-corrected chi connectivity index (χ3v) is 6.38. The highest BCUT2D eigenvalue weighted by atomic mass is 35.5. The molecule has 2 atom stereocenters. The highest BCUT2D eigenvalue weighted by Gasteiger charge is 2.28. The van der Waals surface area contributed by atoms with Crippen LogP contribution in [0.1, 0.15) is 11.7 Å². The van der Waals surface area contributed by atoms with Crippen molar-refractivity contribution in [2.75, 3.05) is 31.1 Å². The van der Waals surface area contributed by atoms with Crippen LogP contribution in [0.25, 0.3) is 0 Å². The fraction of sp³-hybridized carbons (Fsp3) is 0.208. The van der Waals surface area contributed by atoms with Crippen LogP contribution in [0.5, 0.6) is 0 Å². The van der Waals surface area contributed by atoms with Gasteiger partial charge in [-0.05, 0) is 48.0 Å². The number of anilines is 1. The van der Waals surface area contributed by atoms with E-state index in [0.29, 0.717) is 47.1 Å². The van der Waals surface area contributed by atoms with Crippen LogP contribution in [0.2, 0.25) is 15.1 Å². The standard InChI is InChI=1S/C18H18Cl2FN2O2P.C6H5Cl/c19-12-2-4-15(13(20)10-12)22-5-7-23(8-6-22)18(25)17(24)11-1-3-14(21)16(26)9-11;7-6-4-2-1-3-5-6/h1-4,9-10,17,24H,5-8,26H2;1-5H. The molecular formula is C24H23Cl3FN2O2P. The average molecular weight is 528 g/mol. The highest BCUT2D eigenvalue weighted by molar-refractivity contribution is 7.27. The number of nitrogens with zero attached hydrogens (tertiary/aromatic N) is 2. The van der Waals surface area contributed by atoms with E-state index in [0.717, 1.165) is 10.7 Å². The lowest BCUT2D eigenvalue weighted by atomic mass is 10.1. The van der Waals surface area contributed by atoms with Gasteiger partial charge in [-0.1, -0.05) is 59.1 Å². The Bertz CT molecular complexity index is 1100. The van der Waals surface area contributed by atoms with Crippen LogP contribution >= 0.6 is 44.0 Å². The number of amides is 1. The zero-order chi connectivity index (χ0) is 24.0. The van der Waals surface area contributed by atoms with E-state index in [4.69, 9.17) is 34.8 Å². The fourth-order valence-corrected chi connectivity index (χ4v) is 4.33. The molecule has 1 saturated heterocycles. The van der Waals surface area contributed by atoms with Crippen molar-refractivity contribution in [2.24, 2.45) is 0 Å². The molecule has 4 nitrogen and oxygen atoms in total. The number of hydrogen-bond donors (Lipinski definition) is 1. The van der Waals surface area contributed by atoms with Crippen molar-refractivity contribution in [1.82, 2.24) is 4.90 Å². The van der Waals surface area contributed by atoms with Gasteiger partial charge in [0.1, 0.15) is 5.82 Å². The molecule has 0 bridgehead atoms. The van der Waals surface area contributed by atoms with Crippen molar-refractivity contribution in [3.05, 3.63) is 93.2 Å². The normalized spacial score (nSPS) is 14.4. The molecule has 1 amide bonds. The molecule has 1 N–H and O–H groups in total. The minimum atomic E-state index is -1.31. The zero-order valence-electron chi connectivity index (χ0n) is 17.6. The second kappa shape index (κ2) is 12.0. The van der Waals surface area contributed by atoms with Crippen LogP contribution in [-0.2, 0) is 4.79 Å². The molecule has 9 heteroatoms. The lowest BCUT2D eigenvalue weighted by Gasteiger charge is -2.37. The Balaban J connectivity index is 0.000000374. The van der Waals surface area contributed by atoms with Crippen LogP contribution in [0.4, 0.5) is 10.1 Å². The number of rotatable bonds is 3. The monoisotopic (exact) mass is 526 g/mol. The summed E-state index contributed by atoms with van der Waals surface area (Å²) in [6.45, 7) is 2.11. The molecule has 174 valence electrons. The lowest BCUT2D eigenvalue weighted by molar-refractivity contribution is -0.140. The van der Waals surface area contributed by atoms with Gasteiger partial charge >= 0.3 is 0 Å². The first kappa shape index (κ1) is 25.7. The lowest BCUT2D eigenvalue weighted by Crippen LogP contribution is -2.50. The Morgan fingerprint density at radius 2 is 1.58 bits per heavy atom. The van der Waals surface area contributed by atoms with Crippen molar-refractivity contribution in [1.29, 1.82) is 0 Å². The summed E-state index contributed by atoms with van der Waals surface area (Å²) < 4.78 is 13.4. The predicted molar refractivity (Wildman–Crippen MR) is 137 cm³/mol. The third kappa shape index (κ3) is 7.05. The SMILES string of the molecule is Clc1ccccc1.O=C(C(O)c1ccc(F)c(P)c1)N1CCN(c2ccc(Cl)cc2Cl)CC1. The van der Waals surface area contributed by atoms with Gasteiger partial charge < -0.3 is 14.9 Å². The average Bonchev–Trinajstić information content (AvgIpc) is 2.81. The van der Waals surface area contributed by atoms with Crippen molar-refractivity contribution < 1.29 is 14.3 Å². The van der Waals surface area contributed by atoms with Crippen LogP contribution in [0, 0.1) is 5.82 Å². The van der Waals surface area contributed by atoms with Gasteiger partial charge in [0.25, 0.3) is 5.91 Å². The Morgan fingerprint density at radius 1 is 0.909 bits per heavy atom. The van der Waals surface area contributed by atoms with E-state index in [9.17, 15) is 14.3 Å². The smallest absolute Gasteiger partial charge is 0.256 e. The first-order valence-electron chi connectivity index (χ1n) is 10.2. The molecule has 3 aromatic rings. The molecule has 1 aliphatic heterocycles. The number of hydrogen-bond acceptors (Lipinski definition) is 3. The second-order valence-electron chi connectivity index (χ2n) is 7.39. The Morgan fingerprint density at radius 3 is 2.12 bits per heavy atom. The van der Waals surface area contributed by atoms with Gasteiger partial charge in [0.15, 0.2) is 6.10 Å². The van der Waals surface area contributed by atoms with E-state index in [1.165, 1.54) is 18.2 Å². The molecular weight excluding hydrogens is 505 g/mol. The molecule has 0 radical (unpaired) electrons. The highest BCUT2D eigenvalue weighted by Crippen LogP contribution is 2.30. The maximum absolute atomic E-state index is 13.4. The summed E-state index contributed by atoms with van der Waals surface area (Å²) >= 11 is 17.7.